The van der Waals surface area contributed by atoms with Gasteiger partial charge in [0.1, 0.15) is 6.07 Å². The van der Waals surface area contributed by atoms with Crippen LogP contribution in [0.2, 0.25) is 0 Å². The van der Waals surface area contributed by atoms with Crippen LogP contribution in [-0.4, -0.2) is 18.1 Å². The molecule has 2 aromatic rings. The molecule has 0 spiro atoms. The molecule has 6 heteroatoms. The number of amides is 1. The molecule has 0 heterocycles. The highest BCUT2D eigenvalue weighted by atomic mass is 16.5. The lowest BCUT2D eigenvalue weighted by molar-refractivity contribution is 0.102. The summed E-state index contributed by atoms with van der Waals surface area (Å²) >= 11 is 0. The third-order valence-corrected chi connectivity index (χ3v) is 2.85. The van der Waals surface area contributed by atoms with E-state index in [-0.39, 0.29) is 22.6 Å². The molecule has 0 unspecified atom stereocenters. The maximum Gasteiger partial charge on any atom is 0.255 e. The van der Waals surface area contributed by atoms with Crippen LogP contribution in [0, 0.1) is 11.3 Å². The summed E-state index contributed by atoms with van der Waals surface area (Å²) in [5.74, 6) is -0.311. The molecule has 0 atom stereocenters. The maximum absolute atomic E-state index is 12.1. The first-order valence-corrected chi connectivity index (χ1v) is 6.03. The zero-order valence-corrected chi connectivity index (χ0v) is 11.3. The third-order valence-electron chi connectivity index (χ3n) is 2.85. The van der Waals surface area contributed by atoms with E-state index in [0.717, 1.165) is 0 Å². The van der Waals surface area contributed by atoms with E-state index in [2.05, 4.69) is 5.32 Å². The second-order valence-electron chi connectivity index (χ2n) is 4.26. The molecular weight excluding hydrogens is 270 g/mol. The minimum Gasteiger partial charge on any atom is -0.504 e. The van der Waals surface area contributed by atoms with Crippen molar-refractivity contribution in [3.05, 3.63) is 47.5 Å². The molecular formula is C15H13N3O3. The summed E-state index contributed by atoms with van der Waals surface area (Å²) in [6.07, 6.45) is 0. The molecule has 0 aromatic heterocycles. The number of methoxy groups -OCH3 is 1. The highest BCUT2D eigenvalue weighted by Gasteiger charge is 2.12. The smallest absolute Gasteiger partial charge is 0.255 e. The van der Waals surface area contributed by atoms with E-state index < -0.39 is 5.91 Å². The first-order valence-electron chi connectivity index (χ1n) is 6.03. The van der Waals surface area contributed by atoms with Crippen molar-refractivity contribution < 1.29 is 14.6 Å². The van der Waals surface area contributed by atoms with Gasteiger partial charge in [-0.25, -0.2) is 0 Å². The van der Waals surface area contributed by atoms with Crippen LogP contribution in [-0.2, 0) is 0 Å². The Balaban J connectivity index is 2.26. The molecule has 0 fully saturated rings. The number of nitrogens with two attached hydrogens (primary N) is 1. The van der Waals surface area contributed by atoms with E-state index in [4.69, 9.17) is 15.7 Å². The van der Waals surface area contributed by atoms with Gasteiger partial charge in [0.05, 0.1) is 18.4 Å². The molecule has 0 aliphatic heterocycles. The van der Waals surface area contributed by atoms with Gasteiger partial charge in [-0.1, -0.05) is 0 Å². The standard InChI is InChI=1S/C15H13N3O3/c1-21-14-5-2-9(7-13(14)19)15(20)18-12-4-3-11(17)6-10(12)8-16/h2-7,19H,17H2,1H3,(H,18,20). The highest BCUT2D eigenvalue weighted by Crippen LogP contribution is 2.27. The van der Waals surface area contributed by atoms with E-state index >= 15 is 0 Å². The van der Waals surface area contributed by atoms with Crippen LogP contribution in [0.15, 0.2) is 36.4 Å². The van der Waals surface area contributed by atoms with E-state index in [1.165, 1.54) is 31.4 Å². The quantitative estimate of drug-likeness (QED) is 0.747. The van der Waals surface area contributed by atoms with Crippen molar-refractivity contribution in [2.75, 3.05) is 18.2 Å². The van der Waals surface area contributed by atoms with Gasteiger partial charge in [-0.2, -0.15) is 5.26 Å². The average molecular weight is 283 g/mol. The van der Waals surface area contributed by atoms with Crippen LogP contribution in [0.25, 0.3) is 0 Å². The number of phenols is 1. The number of nitrogen functional groups attached to an aromatic ring is 1. The Hall–Kier alpha value is -3.20. The molecule has 0 aliphatic rings. The summed E-state index contributed by atoms with van der Waals surface area (Å²) in [7, 11) is 1.42. The van der Waals surface area contributed by atoms with Gasteiger partial charge in [-0.05, 0) is 36.4 Å². The Morgan fingerprint density at radius 1 is 1.33 bits per heavy atom. The van der Waals surface area contributed by atoms with Crippen molar-refractivity contribution >= 4 is 17.3 Å². The molecule has 1 amide bonds. The highest BCUT2D eigenvalue weighted by molar-refractivity contribution is 6.05. The topological polar surface area (TPSA) is 108 Å². The summed E-state index contributed by atoms with van der Waals surface area (Å²) in [6.45, 7) is 0. The predicted octanol–water partition coefficient (Wildman–Crippen LogP) is 2.11. The first kappa shape index (κ1) is 14.2. The van der Waals surface area contributed by atoms with Crippen molar-refractivity contribution in [3.63, 3.8) is 0 Å². The average Bonchev–Trinajstić information content (AvgIpc) is 2.48. The molecule has 0 aliphatic carbocycles. The van der Waals surface area contributed by atoms with Gasteiger partial charge in [0.2, 0.25) is 0 Å². The number of nitriles is 1. The van der Waals surface area contributed by atoms with Crippen LogP contribution in [0.3, 0.4) is 0 Å². The fourth-order valence-corrected chi connectivity index (χ4v) is 1.79. The SMILES string of the molecule is COc1ccc(C(=O)Nc2ccc(N)cc2C#N)cc1O. The van der Waals surface area contributed by atoms with E-state index in [9.17, 15) is 9.90 Å². The van der Waals surface area contributed by atoms with Crippen molar-refractivity contribution in [1.82, 2.24) is 0 Å². The number of nitrogens with one attached hydrogen (secondary N) is 1. The number of carbonyl (C=O) groups is 1. The van der Waals surface area contributed by atoms with Gasteiger partial charge in [-0.15, -0.1) is 0 Å². The number of carbonyl (C=O) groups excluding carboxylic acids is 1. The van der Waals surface area contributed by atoms with E-state index in [0.29, 0.717) is 11.4 Å². The number of ether oxygens (including phenoxy) is 1. The zero-order valence-electron chi connectivity index (χ0n) is 11.3. The lowest BCUT2D eigenvalue weighted by atomic mass is 10.1. The summed E-state index contributed by atoms with van der Waals surface area (Å²) in [4.78, 5) is 12.1. The van der Waals surface area contributed by atoms with Gasteiger partial charge >= 0.3 is 0 Å². The largest absolute Gasteiger partial charge is 0.504 e. The Morgan fingerprint density at radius 2 is 2.10 bits per heavy atom. The number of hydrogen-bond acceptors (Lipinski definition) is 5. The number of benzene rings is 2. The molecule has 6 nitrogen and oxygen atoms in total. The van der Waals surface area contributed by atoms with E-state index in [1.54, 1.807) is 12.1 Å². The first-order chi connectivity index (χ1) is 10.0. The molecule has 0 saturated heterocycles. The zero-order chi connectivity index (χ0) is 15.4. The summed E-state index contributed by atoms with van der Waals surface area (Å²) < 4.78 is 4.91. The molecule has 21 heavy (non-hydrogen) atoms. The van der Waals surface area contributed by atoms with Crippen LogP contribution >= 0.6 is 0 Å². The lowest BCUT2D eigenvalue weighted by Gasteiger charge is -2.09. The van der Waals surface area contributed by atoms with Crippen molar-refractivity contribution in [3.8, 4) is 17.6 Å². The summed E-state index contributed by atoms with van der Waals surface area (Å²) in [5.41, 5.74) is 6.89. The van der Waals surface area contributed by atoms with Gasteiger partial charge in [-0.3, -0.25) is 4.79 Å². The monoisotopic (exact) mass is 283 g/mol. The summed E-state index contributed by atoms with van der Waals surface area (Å²) in [5, 5.41) is 21.3. The van der Waals surface area contributed by atoms with Crippen molar-refractivity contribution in [2.45, 2.75) is 0 Å². The normalized spacial score (nSPS) is 9.71. The number of phenolic OH excluding ortho intramolecular Hbond substituents is 1. The van der Waals surface area contributed by atoms with E-state index in [1.807, 2.05) is 6.07 Å². The number of anilines is 2. The predicted molar refractivity (Wildman–Crippen MR) is 78.2 cm³/mol. The molecule has 106 valence electrons. The second-order valence-corrected chi connectivity index (χ2v) is 4.26. The van der Waals surface area contributed by atoms with Crippen molar-refractivity contribution in [2.24, 2.45) is 0 Å². The second kappa shape index (κ2) is 5.84. The minimum absolute atomic E-state index is 0.136. The van der Waals surface area contributed by atoms with Crippen LogP contribution in [0.5, 0.6) is 11.5 Å². The van der Waals surface area contributed by atoms with Gasteiger partial charge in [0, 0.05) is 11.3 Å². The third kappa shape index (κ3) is 3.04. The number of rotatable bonds is 3. The molecule has 0 bridgehead atoms. The Kier molecular flexibility index (Phi) is 3.95. The Labute approximate surface area is 121 Å². The Bertz CT molecular complexity index is 735. The fraction of sp³-hybridized carbons (Fsp3) is 0.0667. The fourth-order valence-electron chi connectivity index (χ4n) is 1.79. The Morgan fingerprint density at radius 3 is 2.71 bits per heavy atom. The number of nitrogens with zero attached hydrogens (tertiary/aromatic N) is 1. The summed E-state index contributed by atoms with van der Waals surface area (Å²) in [6, 6.07) is 10.9. The van der Waals surface area contributed by atoms with Gasteiger partial charge in [0.25, 0.3) is 5.91 Å². The van der Waals surface area contributed by atoms with Crippen molar-refractivity contribution in [1.29, 1.82) is 5.26 Å². The minimum atomic E-state index is -0.450. The number of aromatic hydroxyl groups is 1. The molecule has 0 radical (unpaired) electrons. The van der Waals surface area contributed by atoms with Gasteiger partial charge in [0.15, 0.2) is 11.5 Å². The molecule has 2 aromatic carbocycles. The van der Waals surface area contributed by atoms with Crippen LogP contribution in [0.4, 0.5) is 11.4 Å². The lowest BCUT2D eigenvalue weighted by Crippen LogP contribution is -2.13. The maximum atomic E-state index is 12.1. The molecule has 0 saturated carbocycles. The van der Waals surface area contributed by atoms with Crippen LogP contribution in [0.1, 0.15) is 15.9 Å². The molecule has 2 rings (SSSR count). The van der Waals surface area contributed by atoms with Crippen LogP contribution < -0.4 is 15.8 Å². The molecule has 4 N–H and O–H groups in total. The number of hydrogen-bond donors (Lipinski definition) is 3. The van der Waals surface area contributed by atoms with Gasteiger partial charge < -0.3 is 20.9 Å².